The number of carbonyl (C=O) groups is 1. The molecule has 2 aromatic heterocycles. The van der Waals surface area contributed by atoms with E-state index in [1.54, 1.807) is 56.3 Å². The summed E-state index contributed by atoms with van der Waals surface area (Å²) in [7, 11) is 0. The first kappa shape index (κ1) is 28.2. The number of nitro benzene ring substituents is 1. The molecule has 0 amide bonds. The Morgan fingerprint density at radius 3 is 2.74 bits per heavy atom. The average molecular weight is 602 g/mol. The van der Waals surface area contributed by atoms with Crippen LogP contribution in [0, 0.1) is 17.0 Å². The maximum Gasteiger partial charge on any atom is 0.338 e. The van der Waals surface area contributed by atoms with Crippen molar-refractivity contribution in [2.45, 2.75) is 39.7 Å². The molecule has 0 fully saturated rings. The topological polar surface area (TPSA) is 135 Å². The Balaban J connectivity index is 1.48. The molecule has 0 saturated heterocycles. The number of hydrogen-bond donors (Lipinski definition) is 0. The Morgan fingerprint density at radius 1 is 1.16 bits per heavy atom. The van der Waals surface area contributed by atoms with Crippen LogP contribution in [0.25, 0.3) is 17.4 Å². The number of nitro groups is 1. The van der Waals surface area contributed by atoms with E-state index in [-0.39, 0.29) is 24.6 Å². The molecule has 12 heteroatoms. The number of esters is 1. The normalized spacial score (nSPS) is 15.8. The number of fused-ring (bicyclic) bond motifs is 2. The second kappa shape index (κ2) is 11.4. The summed E-state index contributed by atoms with van der Waals surface area (Å²) in [5.74, 6) is 1.39. The molecule has 6 rings (SSSR count). The Bertz CT molecular complexity index is 1980. The number of ether oxygens (including phenoxy) is 3. The van der Waals surface area contributed by atoms with E-state index in [1.807, 2.05) is 13.0 Å². The van der Waals surface area contributed by atoms with Gasteiger partial charge >= 0.3 is 5.97 Å². The van der Waals surface area contributed by atoms with Crippen molar-refractivity contribution in [2.24, 2.45) is 4.99 Å². The van der Waals surface area contributed by atoms with E-state index < -0.39 is 16.9 Å². The van der Waals surface area contributed by atoms with Crippen LogP contribution in [0.2, 0.25) is 0 Å². The SMILES string of the molecule is CCCC1=C(C(=O)OCC)C(c2ccc3c(c2)OCO3)n2c(s/c(=C\c3ccc(-c4ccc(C)c([N+](=O)[O-])c4)o3)c2=O)=N1. The Hall–Kier alpha value is -4.97. The van der Waals surface area contributed by atoms with Crippen LogP contribution in [-0.2, 0) is 9.53 Å². The molecular weight excluding hydrogens is 574 g/mol. The zero-order chi connectivity index (χ0) is 30.2. The molecule has 0 radical (unpaired) electrons. The smallest absolute Gasteiger partial charge is 0.338 e. The lowest BCUT2D eigenvalue weighted by molar-refractivity contribution is -0.385. The van der Waals surface area contributed by atoms with Gasteiger partial charge in [-0.25, -0.2) is 9.79 Å². The molecule has 0 spiro atoms. The molecule has 0 saturated carbocycles. The molecular formula is C31H27N3O8S. The van der Waals surface area contributed by atoms with E-state index >= 15 is 0 Å². The molecule has 220 valence electrons. The minimum atomic E-state index is -0.797. The maximum atomic E-state index is 14.0. The molecule has 0 aliphatic carbocycles. The summed E-state index contributed by atoms with van der Waals surface area (Å²) < 4.78 is 24.4. The highest BCUT2D eigenvalue weighted by Gasteiger charge is 2.35. The highest BCUT2D eigenvalue weighted by Crippen LogP contribution is 2.39. The van der Waals surface area contributed by atoms with Crippen LogP contribution in [0.15, 0.2) is 74.0 Å². The van der Waals surface area contributed by atoms with Crippen molar-refractivity contribution < 1.29 is 28.3 Å². The first-order valence-electron chi connectivity index (χ1n) is 13.8. The van der Waals surface area contributed by atoms with E-state index in [9.17, 15) is 19.7 Å². The summed E-state index contributed by atoms with van der Waals surface area (Å²) in [6, 6.07) is 12.8. The molecule has 4 heterocycles. The van der Waals surface area contributed by atoms with E-state index in [4.69, 9.17) is 23.6 Å². The highest BCUT2D eigenvalue weighted by atomic mass is 32.1. The van der Waals surface area contributed by atoms with Crippen molar-refractivity contribution in [2.75, 3.05) is 13.4 Å². The lowest BCUT2D eigenvalue weighted by Gasteiger charge is -2.25. The number of nitrogens with zero attached hydrogens (tertiary/aromatic N) is 3. The molecule has 43 heavy (non-hydrogen) atoms. The molecule has 11 nitrogen and oxygen atoms in total. The van der Waals surface area contributed by atoms with Crippen molar-refractivity contribution in [3.63, 3.8) is 0 Å². The molecule has 0 bridgehead atoms. The standard InChI is InChI=1S/C31H27N3O8S/c1-4-6-21-27(30(36)39-5-2)28(19-9-11-24-25(14-19)41-16-40-24)33-29(35)26(43-31(33)32-21)15-20-10-12-23(42-20)18-8-7-17(3)22(13-18)34(37)38/h7-15,28H,4-6,16H2,1-3H3/b26-15-. The van der Waals surface area contributed by atoms with E-state index in [1.165, 1.54) is 22.0 Å². The molecule has 0 N–H and O–H groups in total. The molecule has 2 aliphatic rings. The van der Waals surface area contributed by atoms with Gasteiger partial charge in [0.1, 0.15) is 11.5 Å². The van der Waals surface area contributed by atoms with Gasteiger partial charge in [0.2, 0.25) is 6.79 Å². The Labute approximate surface area is 249 Å². The van der Waals surface area contributed by atoms with Gasteiger partial charge in [-0.3, -0.25) is 19.5 Å². The third-order valence-electron chi connectivity index (χ3n) is 7.20. The third-order valence-corrected chi connectivity index (χ3v) is 8.18. The second-order valence-corrected chi connectivity index (χ2v) is 11.0. The fourth-order valence-corrected chi connectivity index (χ4v) is 6.19. The zero-order valence-corrected chi connectivity index (χ0v) is 24.4. The van der Waals surface area contributed by atoms with Crippen molar-refractivity contribution in [3.05, 3.63) is 106 Å². The minimum Gasteiger partial charge on any atom is -0.463 e. The quantitative estimate of drug-likeness (QED) is 0.160. The van der Waals surface area contributed by atoms with Gasteiger partial charge in [-0.05, 0) is 50.1 Å². The second-order valence-electron chi connectivity index (χ2n) is 9.99. The summed E-state index contributed by atoms with van der Waals surface area (Å²) in [4.78, 5) is 43.6. The van der Waals surface area contributed by atoms with Gasteiger partial charge in [-0.15, -0.1) is 0 Å². The van der Waals surface area contributed by atoms with E-state index in [0.29, 0.717) is 66.7 Å². The fraction of sp³-hybridized carbons (Fsp3) is 0.258. The van der Waals surface area contributed by atoms with Gasteiger partial charge in [0.15, 0.2) is 16.3 Å². The number of aromatic nitrogens is 1. The molecule has 4 aromatic rings. The molecule has 1 unspecified atom stereocenters. The summed E-state index contributed by atoms with van der Waals surface area (Å²) in [5.41, 5.74) is 2.26. The first-order valence-corrected chi connectivity index (χ1v) is 14.6. The first-order chi connectivity index (χ1) is 20.8. The third kappa shape index (κ3) is 5.14. The monoisotopic (exact) mass is 601 g/mol. The summed E-state index contributed by atoms with van der Waals surface area (Å²) in [6.07, 6.45) is 2.86. The largest absolute Gasteiger partial charge is 0.463 e. The number of hydrogen-bond acceptors (Lipinski definition) is 10. The number of furan rings is 1. The van der Waals surface area contributed by atoms with Crippen molar-refractivity contribution in [1.82, 2.24) is 4.57 Å². The van der Waals surface area contributed by atoms with Gasteiger partial charge in [-0.2, -0.15) is 0 Å². The number of thiazole rings is 1. The van der Waals surface area contributed by atoms with E-state index in [0.717, 1.165) is 6.42 Å². The fourth-order valence-electron chi connectivity index (χ4n) is 5.19. The number of rotatable bonds is 8. The van der Waals surface area contributed by atoms with Gasteiger partial charge < -0.3 is 18.6 Å². The van der Waals surface area contributed by atoms with Crippen LogP contribution in [-0.4, -0.2) is 28.9 Å². The average Bonchev–Trinajstić information content (AvgIpc) is 3.72. The number of allylic oxidation sites excluding steroid dienone is 1. The lowest BCUT2D eigenvalue weighted by atomic mass is 9.94. The highest BCUT2D eigenvalue weighted by molar-refractivity contribution is 7.07. The van der Waals surface area contributed by atoms with Crippen LogP contribution in [0.4, 0.5) is 5.69 Å². The van der Waals surface area contributed by atoms with Crippen molar-refractivity contribution >= 4 is 29.1 Å². The number of carbonyl (C=O) groups excluding carboxylic acids is 1. The van der Waals surface area contributed by atoms with Gasteiger partial charge in [0, 0.05) is 23.3 Å². The van der Waals surface area contributed by atoms with Crippen LogP contribution >= 0.6 is 11.3 Å². The van der Waals surface area contributed by atoms with Crippen LogP contribution < -0.4 is 24.4 Å². The van der Waals surface area contributed by atoms with Crippen LogP contribution in [0.1, 0.15) is 49.6 Å². The predicted molar refractivity (Wildman–Crippen MR) is 158 cm³/mol. The molecule has 2 aromatic carbocycles. The maximum absolute atomic E-state index is 14.0. The van der Waals surface area contributed by atoms with Crippen LogP contribution in [0.5, 0.6) is 11.5 Å². The van der Waals surface area contributed by atoms with Gasteiger partial charge in [-0.1, -0.05) is 42.9 Å². The van der Waals surface area contributed by atoms with E-state index in [2.05, 4.69) is 0 Å². The molecule has 1 atom stereocenters. The van der Waals surface area contributed by atoms with Crippen molar-refractivity contribution in [3.8, 4) is 22.8 Å². The number of benzene rings is 2. The van der Waals surface area contributed by atoms with Crippen LogP contribution in [0.3, 0.4) is 0 Å². The summed E-state index contributed by atoms with van der Waals surface area (Å²) in [6.45, 7) is 5.66. The van der Waals surface area contributed by atoms with Gasteiger partial charge in [0.25, 0.3) is 11.2 Å². The zero-order valence-electron chi connectivity index (χ0n) is 23.6. The molecule has 2 aliphatic heterocycles. The number of aryl methyl sites for hydroxylation is 1. The summed E-state index contributed by atoms with van der Waals surface area (Å²) >= 11 is 1.19. The summed E-state index contributed by atoms with van der Waals surface area (Å²) in [5, 5.41) is 11.4. The lowest BCUT2D eigenvalue weighted by Crippen LogP contribution is -2.40. The Kier molecular flexibility index (Phi) is 7.45. The minimum absolute atomic E-state index is 0.00688. The Morgan fingerprint density at radius 2 is 1.98 bits per heavy atom. The predicted octanol–water partition coefficient (Wildman–Crippen LogP) is 4.78. The van der Waals surface area contributed by atoms with Crippen molar-refractivity contribution in [1.29, 1.82) is 0 Å². The van der Waals surface area contributed by atoms with Gasteiger partial charge in [0.05, 0.1) is 33.4 Å².